The van der Waals surface area contributed by atoms with Crippen molar-refractivity contribution in [3.63, 3.8) is 0 Å². The van der Waals surface area contributed by atoms with Crippen molar-refractivity contribution in [1.82, 2.24) is 4.57 Å². The third kappa shape index (κ3) is 2.08. The van der Waals surface area contributed by atoms with Gasteiger partial charge in [-0.25, -0.2) is 9.18 Å². The standard InChI is InChI=1S/C9H12FNO2/c1-7(5-10)11-4-3-8(6-11)9(12)13-2/h3-4,6-7H,5H2,1-2H3. The number of carbonyl (C=O) groups excluding carboxylic acids is 1. The molecule has 1 aromatic heterocycles. The van der Waals surface area contributed by atoms with E-state index in [0.717, 1.165) is 0 Å². The molecule has 72 valence electrons. The van der Waals surface area contributed by atoms with E-state index < -0.39 is 12.6 Å². The Kier molecular flexibility index (Phi) is 3.06. The summed E-state index contributed by atoms with van der Waals surface area (Å²) in [5.74, 6) is -0.398. The summed E-state index contributed by atoms with van der Waals surface area (Å²) >= 11 is 0. The van der Waals surface area contributed by atoms with Gasteiger partial charge in [0.2, 0.25) is 0 Å². The van der Waals surface area contributed by atoms with Crippen molar-refractivity contribution < 1.29 is 13.9 Å². The van der Waals surface area contributed by atoms with Gasteiger partial charge in [-0.3, -0.25) is 0 Å². The number of methoxy groups -OCH3 is 1. The molecule has 0 aliphatic rings. The lowest BCUT2D eigenvalue weighted by molar-refractivity contribution is 0.0600. The predicted molar refractivity (Wildman–Crippen MR) is 46.5 cm³/mol. The van der Waals surface area contributed by atoms with E-state index in [-0.39, 0.29) is 6.04 Å². The maximum atomic E-state index is 12.2. The zero-order valence-corrected chi connectivity index (χ0v) is 7.66. The lowest BCUT2D eigenvalue weighted by atomic mass is 10.3. The molecule has 0 bridgehead atoms. The first-order chi connectivity index (χ1) is 6.19. The van der Waals surface area contributed by atoms with Gasteiger partial charge in [0.25, 0.3) is 0 Å². The first-order valence-corrected chi connectivity index (χ1v) is 4.00. The topological polar surface area (TPSA) is 31.2 Å². The Morgan fingerprint density at radius 2 is 2.46 bits per heavy atom. The number of carbonyl (C=O) groups is 1. The minimum Gasteiger partial charge on any atom is -0.465 e. The second kappa shape index (κ2) is 4.07. The number of alkyl halides is 1. The van der Waals surface area contributed by atoms with Crippen molar-refractivity contribution in [2.24, 2.45) is 0 Å². The van der Waals surface area contributed by atoms with E-state index in [1.165, 1.54) is 7.11 Å². The fraction of sp³-hybridized carbons (Fsp3) is 0.444. The molecule has 3 nitrogen and oxygen atoms in total. The molecule has 0 saturated carbocycles. The highest BCUT2D eigenvalue weighted by molar-refractivity contribution is 5.89. The van der Waals surface area contributed by atoms with Crippen LogP contribution in [0.15, 0.2) is 18.5 Å². The van der Waals surface area contributed by atoms with Crippen LogP contribution < -0.4 is 0 Å². The van der Waals surface area contributed by atoms with Crippen molar-refractivity contribution in [1.29, 1.82) is 0 Å². The number of hydrogen-bond acceptors (Lipinski definition) is 2. The van der Waals surface area contributed by atoms with Crippen LogP contribution in [-0.2, 0) is 4.74 Å². The summed E-state index contributed by atoms with van der Waals surface area (Å²) in [7, 11) is 1.32. The lowest BCUT2D eigenvalue weighted by Gasteiger charge is -2.07. The molecule has 0 fully saturated rings. The fourth-order valence-electron chi connectivity index (χ4n) is 1.01. The van der Waals surface area contributed by atoms with Crippen molar-refractivity contribution in [2.75, 3.05) is 13.8 Å². The lowest BCUT2D eigenvalue weighted by Crippen LogP contribution is -2.05. The average Bonchev–Trinajstić information content (AvgIpc) is 2.64. The van der Waals surface area contributed by atoms with Crippen LogP contribution in [0.4, 0.5) is 4.39 Å². The Bertz CT molecular complexity index is 296. The maximum absolute atomic E-state index is 12.2. The Hall–Kier alpha value is -1.32. The molecule has 1 heterocycles. The van der Waals surface area contributed by atoms with E-state index >= 15 is 0 Å². The molecule has 0 amide bonds. The zero-order chi connectivity index (χ0) is 9.84. The molecule has 0 N–H and O–H groups in total. The highest BCUT2D eigenvalue weighted by Gasteiger charge is 2.09. The summed E-state index contributed by atoms with van der Waals surface area (Å²) in [5.41, 5.74) is 0.447. The summed E-state index contributed by atoms with van der Waals surface area (Å²) in [5, 5.41) is 0. The molecule has 1 aromatic rings. The number of halogens is 1. The summed E-state index contributed by atoms with van der Waals surface area (Å²) in [6.45, 7) is 1.29. The van der Waals surface area contributed by atoms with Crippen LogP contribution in [0.3, 0.4) is 0 Å². The average molecular weight is 185 g/mol. The van der Waals surface area contributed by atoms with Crippen LogP contribution in [-0.4, -0.2) is 24.3 Å². The van der Waals surface area contributed by atoms with Gasteiger partial charge in [0, 0.05) is 12.4 Å². The molecular weight excluding hydrogens is 173 g/mol. The smallest absolute Gasteiger partial charge is 0.339 e. The first kappa shape index (κ1) is 9.77. The van der Waals surface area contributed by atoms with Crippen LogP contribution in [0.25, 0.3) is 0 Å². The zero-order valence-electron chi connectivity index (χ0n) is 7.66. The summed E-state index contributed by atoms with van der Waals surface area (Å²) in [6, 6.07) is 1.37. The van der Waals surface area contributed by atoms with Crippen molar-refractivity contribution in [2.45, 2.75) is 13.0 Å². The first-order valence-electron chi connectivity index (χ1n) is 4.00. The van der Waals surface area contributed by atoms with Gasteiger partial charge >= 0.3 is 5.97 Å². The largest absolute Gasteiger partial charge is 0.465 e. The predicted octanol–water partition coefficient (Wildman–Crippen LogP) is 1.81. The molecule has 0 saturated heterocycles. The Labute approximate surface area is 76.1 Å². The van der Waals surface area contributed by atoms with E-state index in [2.05, 4.69) is 4.74 Å². The summed E-state index contributed by atoms with van der Waals surface area (Å²) < 4.78 is 18.4. The Balaban J connectivity index is 2.80. The van der Waals surface area contributed by atoms with E-state index in [9.17, 15) is 9.18 Å². The van der Waals surface area contributed by atoms with E-state index in [0.29, 0.717) is 5.56 Å². The molecule has 1 atom stereocenters. The number of ether oxygens (including phenoxy) is 1. The van der Waals surface area contributed by atoms with Gasteiger partial charge in [0.1, 0.15) is 6.67 Å². The molecule has 0 radical (unpaired) electrons. The third-order valence-corrected chi connectivity index (χ3v) is 1.87. The monoisotopic (exact) mass is 185 g/mol. The van der Waals surface area contributed by atoms with Gasteiger partial charge in [-0.05, 0) is 13.0 Å². The van der Waals surface area contributed by atoms with Crippen LogP contribution in [0.1, 0.15) is 23.3 Å². The number of aromatic nitrogens is 1. The number of nitrogens with zero attached hydrogens (tertiary/aromatic N) is 1. The summed E-state index contributed by atoms with van der Waals surface area (Å²) in [6.07, 6.45) is 3.24. The molecular formula is C9H12FNO2. The Morgan fingerprint density at radius 1 is 1.77 bits per heavy atom. The molecule has 0 aliphatic heterocycles. The second-order valence-corrected chi connectivity index (χ2v) is 2.84. The van der Waals surface area contributed by atoms with Crippen LogP contribution in [0.2, 0.25) is 0 Å². The summed E-state index contributed by atoms with van der Waals surface area (Å²) in [4.78, 5) is 11.0. The van der Waals surface area contributed by atoms with Crippen LogP contribution in [0.5, 0.6) is 0 Å². The van der Waals surface area contributed by atoms with Crippen LogP contribution >= 0.6 is 0 Å². The second-order valence-electron chi connectivity index (χ2n) is 2.84. The van der Waals surface area contributed by atoms with Crippen LogP contribution in [0, 0.1) is 0 Å². The van der Waals surface area contributed by atoms with Gasteiger partial charge in [0.05, 0.1) is 18.7 Å². The minimum atomic E-state index is -0.449. The Morgan fingerprint density at radius 3 is 3.00 bits per heavy atom. The van der Waals surface area contributed by atoms with Gasteiger partial charge in [-0.1, -0.05) is 0 Å². The van der Waals surface area contributed by atoms with E-state index in [1.54, 1.807) is 30.0 Å². The van der Waals surface area contributed by atoms with Crippen molar-refractivity contribution in [3.8, 4) is 0 Å². The maximum Gasteiger partial charge on any atom is 0.339 e. The minimum absolute atomic E-state index is 0.238. The molecule has 0 aliphatic carbocycles. The molecule has 1 unspecified atom stereocenters. The highest BCUT2D eigenvalue weighted by atomic mass is 19.1. The SMILES string of the molecule is COC(=O)c1ccn(C(C)CF)c1. The van der Waals surface area contributed by atoms with Gasteiger partial charge in [0.15, 0.2) is 0 Å². The molecule has 1 rings (SSSR count). The van der Waals surface area contributed by atoms with Gasteiger partial charge in [-0.2, -0.15) is 0 Å². The van der Waals surface area contributed by atoms with E-state index in [1.807, 2.05) is 0 Å². The fourth-order valence-corrected chi connectivity index (χ4v) is 1.01. The number of esters is 1. The number of rotatable bonds is 3. The van der Waals surface area contributed by atoms with Crippen molar-refractivity contribution in [3.05, 3.63) is 24.0 Å². The number of hydrogen-bond donors (Lipinski definition) is 0. The molecule has 0 aromatic carbocycles. The van der Waals surface area contributed by atoms with Crippen molar-refractivity contribution >= 4 is 5.97 Å². The van der Waals surface area contributed by atoms with Gasteiger partial charge in [-0.15, -0.1) is 0 Å². The quantitative estimate of drug-likeness (QED) is 0.672. The molecule has 4 heteroatoms. The van der Waals surface area contributed by atoms with Gasteiger partial charge < -0.3 is 9.30 Å². The highest BCUT2D eigenvalue weighted by Crippen LogP contribution is 2.10. The molecule has 13 heavy (non-hydrogen) atoms. The molecule has 0 spiro atoms. The normalized spacial score (nSPS) is 12.5. The third-order valence-electron chi connectivity index (χ3n) is 1.87. The van der Waals surface area contributed by atoms with E-state index in [4.69, 9.17) is 0 Å².